The number of rotatable bonds is 4. The molecule has 2 atom stereocenters. The Bertz CT molecular complexity index is 650. The second-order valence-corrected chi connectivity index (χ2v) is 9.52. The lowest BCUT2D eigenvalue weighted by molar-refractivity contribution is -0.151. The highest BCUT2D eigenvalue weighted by Crippen LogP contribution is 2.52. The summed E-state index contributed by atoms with van der Waals surface area (Å²) in [5.41, 5.74) is -0.182. The molecule has 8 nitrogen and oxygen atoms in total. The van der Waals surface area contributed by atoms with Gasteiger partial charge in [-0.2, -0.15) is 0 Å². The third kappa shape index (κ3) is 5.02. The summed E-state index contributed by atoms with van der Waals surface area (Å²) in [7, 11) is 0. The van der Waals surface area contributed by atoms with E-state index in [0.717, 1.165) is 0 Å². The number of fused-ring (bicyclic) bond motifs is 1. The predicted molar refractivity (Wildman–Crippen MR) is 107 cm³/mol. The van der Waals surface area contributed by atoms with E-state index in [1.54, 1.807) is 37.5 Å². The van der Waals surface area contributed by atoms with E-state index in [2.05, 4.69) is 0 Å². The van der Waals surface area contributed by atoms with Gasteiger partial charge >= 0.3 is 11.9 Å². The van der Waals surface area contributed by atoms with Gasteiger partial charge in [0.15, 0.2) is 5.57 Å². The van der Waals surface area contributed by atoms with Crippen LogP contribution in [0, 0.1) is 0 Å². The van der Waals surface area contributed by atoms with E-state index in [0.29, 0.717) is 17.3 Å². The SMILES string of the molecule is CC(=O)N1CCN(C(C)=O)C2SC(=C(C(=O)OC(C)C)C(=O)OC(C)C)SC21. The van der Waals surface area contributed by atoms with Gasteiger partial charge in [-0.25, -0.2) is 9.59 Å². The molecule has 0 aromatic rings. The van der Waals surface area contributed by atoms with Crippen LogP contribution in [0.2, 0.25) is 0 Å². The number of esters is 2. The van der Waals surface area contributed by atoms with Crippen molar-refractivity contribution in [2.24, 2.45) is 0 Å². The Kier molecular flexibility index (Phi) is 7.44. The first-order valence-corrected chi connectivity index (χ1v) is 10.8. The maximum atomic E-state index is 12.6. The maximum absolute atomic E-state index is 12.6. The lowest BCUT2D eigenvalue weighted by atomic mass is 10.3. The van der Waals surface area contributed by atoms with Crippen LogP contribution in [0.3, 0.4) is 0 Å². The van der Waals surface area contributed by atoms with Gasteiger partial charge in [0.05, 0.1) is 16.4 Å². The first kappa shape index (κ1) is 22.6. The summed E-state index contributed by atoms with van der Waals surface area (Å²) in [6.07, 6.45) is -0.813. The smallest absolute Gasteiger partial charge is 0.347 e. The van der Waals surface area contributed by atoms with Crippen LogP contribution in [-0.2, 0) is 28.7 Å². The zero-order valence-electron chi connectivity index (χ0n) is 16.9. The van der Waals surface area contributed by atoms with E-state index in [1.165, 1.54) is 37.4 Å². The van der Waals surface area contributed by atoms with Gasteiger partial charge in [0.2, 0.25) is 11.8 Å². The minimum Gasteiger partial charge on any atom is -0.459 e. The summed E-state index contributed by atoms with van der Waals surface area (Å²) in [6.45, 7) is 10.5. The van der Waals surface area contributed by atoms with E-state index < -0.39 is 24.1 Å². The van der Waals surface area contributed by atoms with Crippen LogP contribution in [0.4, 0.5) is 0 Å². The number of piperazine rings is 1. The van der Waals surface area contributed by atoms with Crippen molar-refractivity contribution < 1.29 is 28.7 Å². The topological polar surface area (TPSA) is 93.2 Å². The van der Waals surface area contributed by atoms with Crippen molar-refractivity contribution in [1.82, 2.24) is 9.80 Å². The molecule has 2 saturated heterocycles. The summed E-state index contributed by atoms with van der Waals surface area (Å²) >= 11 is 2.45. The fourth-order valence-electron chi connectivity index (χ4n) is 2.86. The highest BCUT2D eigenvalue weighted by atomic mass is 32.2. The van der Waals surface area contributed by atoms with Crippen LogP contribution in [0.1, 0.15) is 41.5 Å². The number of carbonyl (C=O) groups is 4. The predicted octanol–water partition coefficient (Wildman–Crippen LogP) is 1.94. The molecule has 2 unspecified atom stereocenters. The van der Waals surface area contributed by atoms with Crippen molar-refractivity contribution in [3.63, 3.8) is 0 Å². The standard InChI is InChI=1S/C18H26N2O6S2/c1-9(2)25-16(23)13(17(24)26-10(3)4)18-27-14-15(28-18)20(12(6)22)8-7-19(14)11(5)21/h9-10,14-15H,7-8H2,1-6H3. The second kappa shape index (κ2) is 9.21. The van der Waals surface area contributed by atoms with Crippen molar-refractivity contribution in [2.75, 3.05) is 13.1 Å². The van der Waals surface area contributed by atoms with Crippen LogP contribution >= 0.6 is 23.5 Å². The van der Waals surface area contributed by atoms with E-state index in [-0.39, 0.29) is 28.1 Å². The molecule has 2 fully saturated rings. The maximum Gasteiger partial charge on any atom is 0.347 e. The quantitative estimate of drug-likeness (QED) is 0.289. The van der Waals surface area contributed by atoms with E-state index in [1.807, 2.05) is 0 Å². The molecular weight excluding hydrogens is 404 g/mol. The van der Waals surface area contributed by atoms with Gasteiger partial charge in [-0.3, -0.25) is 9.59 Å². The van der Waals surface area contributed by atoms with Crippen LogP contribution < -0.4 is 0 Å². The van der Waals surface area contributed by atoms with Crippen molar-refractivity contribution in [1.29, 1.82) is 0 Å². The van der Waals surface area contributed by atoms with Gasteiger partial charge in [0.1, 0.15) is 10.7 Å². The van der Waals surface area contributed by atoms with Crippen LogP contribution in [0.25, 0.3) is 0 Å². The Morgan fingerprint density at radius 3 is 1.46 bits per heavy atom. The first-order chi connectivity index (χ1) is 13.0. The average Bonchev–Trinajstić information content (AvgIpc) is 2.95. The van der Waals surface area contributed by atoms with Gasteiger partial charge in [0.25, 0.3) is 0 Å². The molecule has 0 aromatic heterocycles. The Balaban J connectivity index is 2.45. The summed E-state index contributed by atoms with van der Waals surface area (Å²) in [6, 6.07) is 0. The molecule has 2 aliphatic rings. The van der Waals surface area contributed by atoms with Gasteiger partial charge in [-0.15, -0.1) is 0 Å². The molecular formula is C18H26N2O6S2. The monoisotopic (exact) mass is 430 g/mol. The summed E-state index contributed by atoms with van der Waals surface area (Å²) in [5, 5.41) is -0.771. The van der Waals surface area contributed by atoms with Crippen molar-refractivity contribution >= 4 is 47.3 Å². The molecule has 0 aromatic carbocycles. The molecule has 0 spiro atoms. The Morgan fingerprint density at radius 2 is 1.18 bits per heavy atom. The highest BCUT2D eigenvalue weighted by Gasteiger charge is 2.48. The van der Waals surface area contributed by atoms with Gasteiger partial charge in [-0.1, -0.05) is 23.5 Å². The van der Waals surface area contributed by atoms with Crippen LogP contribution in [-0.4, -0.2) is 69.6 Å². The fraction of sp³-hybridized carbons (Fsp3) is 0.667. The summed E-state index contributed by atoms with van der Waals surface area (Å²) in [4.78, 5) is 52.7. The van der Waals surface area contributed by atoms with E-state index >= 15 is 0 Å². The molecule has 0 saturated carbocycles. The molecule has 2 rings (SSSR count). The number of ether oxygens (including phenoxy) is 2. The number of amides is 2. The molecule has 2 heterocycles. The highest BCUT2D eigenvalue weighted by molar-refractivity contribution is 8.26. The summed E-state index contributed by atoms with van der Waals surface area (Å²) < 4.78 is 10.9. The lowest BCUT2D eigenvalue weighted by Gasteiger charge is -2.42. The number of nitrogens with zero attached hydrogens (tertiary/aromatic N) is 2. The third-order valence-corrected chi connectivity index (χ3v) is 7.10. The Labute approximate surface area is 173 Å². The number of hydrogen-bond acceptors (Lipinski definition) is 8. The molecule has 2 amide bonds. The Morgan fingerprint density at radius 1 is 0.821 bits per heavy atom. The minimum absolute atomic E-state index is 0.122. The van der Waals surface area contributed by atoms with Crippen molar-refractivity contribution in [3.05, 3.63) is 9.81 Å². The summed E-state index contributed by atoms with van der Waals surface area (Å²) in [5.74, 6) is -1.77. The largest absolute Gasteiger partial charge is 0.459 e. The molecule has 2 aliphatic heterocycles. The number of carbonyl (C=O) groups excluding carboxylic acids is 4. The zero-order valence-corrected chi connectivity index (χ0v) is 18.5. The Hall–Kier alpha value is -1.68. The lowest BCUT2D eigenvalue weighted by Crippen LogP contribution is -2.57. The number of thioether (sulfide) groups is 2. The third-order valence-electron chi connectivity index (χ3n) is 4.00. The fourth-order valence-corrected chi connectivity index (χ4v) is 6.30. The van der Waals surface area contributed by atoms with E-state index in [4.69, 9.17) is 9.47 Å². The zero-order chi connectivity index (χ0) is 21.2. The second-order valence-electron chi connectivity index (χ2n) is 7.01. The molecule has 10 heteroatoms. The molecule has 0 radical (unpaired) electrons. The van der Waals surface area contributed by atoms with Gasteiger partial charge in [0, 0.05) is 26.9 Å². The van der Waals surface area contributed by atoms with Crippen LogP contribution in [0.5, 0.6) is 0 Å². The first-order valence-electron chi connectivity index (χ1n) is 9.06. The molecule has 156 valence electrons. The molecule has 0 aliphatic carbocycles. The van der Waals surface area contributed by atoms with Crippen LogP contribution in [0.15, 0.2) is 9.81 Å². The minimum atomic E-state index is -0.766. The van der Waals surface area contributed by atoms with Crippen molar-refractivity contribution in [2.45, 2.75) is 64.5 Å². The average molecular weight is 431 g/mol. The van der Waals surface area contributed by atoms with Gasteiger partial charge < -0.3 is 19.3 Å². The molecule has 0 bridgehead atoms. The number of hydrogen-bond donors (Lipinski definition) is 0. The van der Waals surface area contributed by atoms with Gasteiger partial charge in [-0.05, 0) is 27.7 Å². The molecule has 28 heavy (non-hydrogen) atoms. The normalized spacial score (nSPS) is 21.6. The van der Waals surface area contributed by atoms with E-state index in [9.17, 15) is 19.2 Å². The molecule has 0 N–H and O–H groups in total. The van der Waals surface area contributed by atoms with Crippen molar-refractivity contribution in [3.8, 4) is 0 Å².